The highest BCUT2D eigenvalue weighted by Crippen LogP contribution is 2.22. The Kier molecular flexibility index (Phi) is 3.37. The molecule has 3 nitrogen and oxygen atoms in total. The van der Waals surface area contributed by atoms with Gasteiger partial charge in [-0.15, -0.1) is 0 Å². The first kappa shape index (κ1) is 10.9. The maximum absolute atomic E-state index is 6.02. The highest BCUT2D eigenvalue weighted by molar-refractivity contribution is 6.31. The first-order chi connectivity index (χ1) is 7.77. The Morgan fingerprint density at radius 2 is 1.94 bits per heavy atom. The van der Waals surface area contributed by atoms with Gasteiger partial charge in [-0.25, -0.2) is 9.97 Å². The molecule has 0 radical (unpaired) electrons. The normalized spacial score (nSPS) is 10.1. The van der Waals surface area contributed by atoms with Gasteiger partial charge in [-0.3, -0.25) is 0 Å². The van der Waals surface area contributed by atoms with Gasteiger partial charge >= 0.3 is 0 Å². The molecule has 1 N–H and O–H groups in total. The van der Waals surface area contributed by atoms with Crippen molar-refractivity contribution in [3.8, 4) is 0 Å². The van der Waals surface area contributed by atoms with E-state index in [1.165, 1.54) is 0 Å². The van der Waals surface area contributed by atoms with Crippen LogP contribution in [0.4, 0.5) is 5.69 Å². The zero-order valence-electron chi connectivity index (χ0n) is 8.94. The second kappa shape index (κ2) is 4.94. The van der Waals surface area contributed by atoms with Crippen LogP contribution in [0.1, 0.15) is 11.4 Å². The van der Waals surface area contributed by atoms with E-state index in [2.05, 4.69) is 15.3 Å². The monoisotopic (exact) mass is 233 g/mol. The summed E-state index contributed by atoms with van der Waals surface area (Å²) in [5.74, 6) is 0.766. The molecule has 1 heterocycles. The fraction of sp³-hybridized carbons (Fsp3) is 0.167. The Morgan fingerprint density at radius 3 is 2.69 bits per heavy atom. The quantitative estimate of drug-likeness (QED) is 0.886. The number of nitrogens with one attached hydrogen (secondary N) is 1. The molecule has 0 aliphatic heterocycles. The van der Waals surface area contributed by atoms with E-state index < -0.39 is 0 Å². The molecule has 82 valence electrons. The van der Waals surface area contributed by atoms with E-state index >= 15 is 0 Å². The zero-order valence-corrected chi connectivity index (χ0v) is 9.70. The second-order valence-corrected chi connectivity index (χ2v) is 3.84. The first-order valence-corrected chi connectivity index (χ1v) is 5.40. The van der Waals surface area contributed by atoms with Crippen LogP contribution in [0.2, 0.25) is 5.02 Å². The van der Waals surface area contributed by atoms with E-state index in [-0.39, 0.29) is 0 Å². The molecule has 0 unspecified atom stereocenters. The summed E-state index contributed by atoms with van der Waals surface area (Å²) in [6.07, 6.45) is 3.46. The van der Waals surface area contributed by atoms with Crippen molar-refractivity contribution in [2.75, 3.05) is 5.32 Å². The number of hydrogen-bond acceptors (Lipinski definition) is 3. The fourth-order valence-electron chi connectivity index (χ4n) is 1.39. The number of halogens is 1. The largest absolute Gasteiger partial charge is 0.377 e. The predicted molar refractivity (Wildman–Crippen MR) is 65.5 cm³/mol. The van der Waals surface area contributed by atoms with Crippen molar-refractivity contribution in [1.82, 2.24) is 9.97 Å². The number of aromatic nitrogens is 2. The Hall–Kier alpha value is -1.61. The lowest BCUT2D eigenvalue weighted by atomic mass is 10.2. The first-order valence-electron chi connectivity index (χ1n) is 5.02. The van der Waals surface area contributed by atoms with Gasteiger partial charge in [0.15, 0.2) is 0 Å². The summed E-state index contributed by atoms with van der Waals surface area (Å²) in [4.78, 5) is 8.28. The Bertz CT molecular complexity index is 471. The van der Waals surface area contributed by atoms with Gasteiger partial charge in [0.05, 0.1) is 6.54 Å². The van der Waals surface area contributed by atoms with Gasteiger partial charge in [-0.2, -0.15) is 0 Å². The zero-order chi connectivity index (χ0) is 11.4. The lowest BCUT2D eigenvalue weighted by Crippen LogP contribution is -2.04. The number of benzene rings is 1. The number of anilines is 1. The van der Waals surface area contributed by atoms with Crippen LogP contribution in [0.5, 0.6) is 0 Å². The molecule has 16 heavy (non-hydrogen) atoms. The number of rotatable bonds is 3. The highest BCUT2D eigenvalue weighted by Gasteiger charge is 2.01. The van der Waals surface area contributed by atoms with Crippen molar-refractivity contribution in [2.24, 2.45) is 0 Å². The van der Waals surface area contributed by atoms with Crippen LogP contribution >= 0.6 is 11.6 Å². The molecule has 0 aliphatic carbocycles. The third kappa shape index (κ3) is 2.49. The van der Waals surface area contributed by atoms with Crippen molar-refractivity contribution in [2.45, 2.75) is 13.5 Å². The molecular weight excluding hydrogens is 222 g/mol. The van der Waals surface area contributed by atoms with Gasteiger partial charge in [0.1, 0.15) is 5.82 Å². The van der Waals surface area contributed by atoms with Gasteiger partial charge in [0.2, 0.25) is 0 Å². The van der Waals surface area contributed by atoms with E-state index in [4.69, 9.17) is 11.6 Å². The van der Waals surface area contributed by atoms with Crippen molar-refractivity contribution in [3.63, 3.8) is 0 Å². The lowest BCUT2D eigenvalue weighted by molar-refractivity contribution is 0.947. The van der Waals surface area contributed by atoms with Crippen LogP contribution in [0.3, 0.4) is 0 Å². The minimum Gasteiger partial charge on any atom is -0.377 e. The van der Waals surface area contributed by atoms with Gasteiger partial charge < -0.3 is 5.32 Å². The Labute approximate surface area is 99.5 Å². The molecular formula is C12H12ClN3. The summed E-state index contributed by atoms with van der Waals surface area (Å²) in [5, 5.41) is 4.02. The van der Waals surface area contributed by atoms with Crippen molar-refractivity contribution >= 4 is 17.3 Å². The Balaban J connectivity index is 2.08. The van der Waals surface area contributed by atoms with Crippen LogP contribution in [0.25, 0.3) is 0 Å². The summed E-state index contributed by atoms with van der Waals surface area (Å²) in [5.41, 5.74) is 2.06. The van der Waals surface area contributed by atoms with E-state index in [9.17, 15) is 0 Å². The van der Waals surface area contributed by atoms with Crippen LogP contribution in [0, 0.1) is 6.92 Å². The van der Waals surface area contributed by atoms with Crippen LogP contribution in [0.15, 0.2) is 36.7 Å². The van der Waals surface area contributed by atoms with Crippen LogP contribution in [-0.4, -0.2) is 9.97 Å². The second-order valence-electron chi connectivity index (χ2n) is 3.43. The smallest absolute Gasteiger partial charge is 0.147 e. The third-order valence-corrected chi connectivity index (χ3v) is 2.73. The fourth-order valence-corrected chi connectivity index (χ4v) is 1.57. The van der Waals surface area contributed by atoms with Gasteiger partial charge in [-0.1, -0.05) is 17.7 Å². The minimum absolute atomic E-state index is 0.599. The van der Waals surface area contributed by atoms with Gasteiger partial charge in [0.25, 0.3) is 0 Å². The molecule has 0 fully saturated rings. The molecule has 2 rings (SSSR count). The van der Waals surface area contributed by atoms with E-state index in [0.29, 0.717) is 6.54 Å². The molecule has 1 aromatic heterocycles. The molecule has 0 saturated heterocycles. The van der Waals surface area contributed by atoms with E-state index in [1.54, 1.807) is 18.5 Å². The minimum atomic E-state index is 0.599. The molecule has 0 saturated carbocycles. The summed E-state index contributed by atoms with van der Waals surface area (Å²) in [6.45, 7) is 2.58. The van der Waals surface area contributed by atoms with E-state index in [1.807, 2.05) is 25.1 Å². The lowest BCUT2D eigenvalue weighted by Gasteiger charge is -2.09. The third-order valence-electron chi connectivity index (χ3n) is 2.32. The van der Waals surface area contributed by atoms with Crippen molar-refractivity contribution in [1.29, 1.82) is 0 Å². The van der Waals surface area contributed by atoms with Gasteiger partial charge in [-0.05, 0) is 30.7 Å². The van der Waals surface area contributed by atoms with Crippen LogP contribution in [-0.2, 0) is 6.54 Å². The maximum Gasteiger partial charge on any atom is 0.147 e. The number of nitrogens with zero attached hydrogens (tertiary/aromatic N) is 2. The average molecular weight is 234 g/mol. The van der Waals surface area contributed by atoms with E-state index in [0.717, 1.165) is 22.1 Å². The molecule has 2 aromatic rings. The summed E-state index contributed by atoms with van der Waals surface area (Å²) in [7, 11) is 0. The molecule has 0 bridgehead atoms. The molecule has 0 amide bonds. The predicted octanol–water partition coefficient (Wildman–Crippen LogP) is 3.05. The van der Waals surface area contributed by atoms with Crippen molar-refractivity contribution in [3.05, 3.63) is 53.1 Å². The Morgan fingerprint density at radius 1 is 1.19 bits per heavy atom. The summed E-state index contributed by atoms with van der Waals surface area (Å²) >= 11 is 6.02. The van der Waals surface area contributed by atoms with Crippen LogP contribution < -0.4 is 5.32 Å². The highest BCUT2D eigenvalue weighted by atomic mass is 35.5. The molecule has 0 aliphatic rings. The average Bonchev–Trinajstić information content (AvgIpc) is 2.32. The molecule has 1 aromatic carbocycles. The molecule has 0 atom stereocenters. The summed E-state index contributed by atoms with van der Waals surface area (Å²) < 4.78 is 0. The molecule has 4 heteroatoms. The number of hydrogen-bond donors (Lipinski definition) is 1. The standard InChI is InChI=1S/C12H12ClN3/c1-9-10(13)4-2-5-11(9)16-8-12-14-6-3-7-15-12/h2-7,16H,8H2,1H3. The topological polar surface area (TPSA) is 37.8 Å². The van der Waals surface area contributed by atoms with Gasteiger partial charge in [0, 0.05) is 23.1 Å². The van der Waals surface area contributed by atoms with Crippen molar-refractivity contribution < 1.29 is 0 Å². The molecule has 0 spiro atoms. The summed E-state index contributed by atoms with van der Waals surface area (Å²) in [6, 6.07) is 7.59. The maximum atomic E-state index is 6.02. The SMILES string of the molecule is Cc1c(Cl)cccc1NCc1ncccn1.